The van der Waals surface area contributed by atoms with Crippen LogP contribution in [0, 0.1) is 5.92 Å². The van der Waals surface area contributed by atoms with E-state index in [0.29, 0.717) is 18.8 Å². The number of carboxylic acids is 1. The third kappa shape index (κ3) is 1.91. The number of hydrogen-bond donors (Lipinski definition) is 2. The Kier molecular flexibility index (Phi) is 2.78. The van der Waals surface area contributed by atoms with Crippen LogP contribution in [0.25, 0.3) is 0 Å². The van der Waals surface area contributed by atoms with Crippen LogP contribution in [0.3, 0.4) is 0 Å². The number of carboxylic acid groups (broad SMARTS) is 1. The molecule has 0 aromatic heterocycles. The Hall–Kier alpha value is -0.900. The van der Waals surface area contributed by atoms with Gasteiger partial charge in [-0.3, -0.25) is 4.99 Å². The molecule has 4 nitrogen and oxygen atoms in total. The topological polar surface area (TPSA) is 69.9 Å². The van der Waals surface area contributed by atoms with Gasteiger partial charge in [0, 0.05) is 6.21 Å². The molecule has 2 saturated carbocycles. The first-order chi connectivity index (χ1) is 7.14. The first kappa shape index (κ1) is 10.6. The average molecular weight is 211 g/mol. The van der Waals surface area contributed by atoms with Crippen molar-refractivity contribution in [1.82, 2.24) is 0 Å². The summed E-state index contributed by atoms with van der Waals surface area (Å²) in [4.78, 5) is 15.1. The van der Waals surface area contributed by atoms with E-state index < -0.39 is 17.6 Å². The molecular weight excluding hydrogens is 194 g/mol. The lowest BCUT2D eigenvalue weighted by atomic mass is 9.73. The van der Waals surface area contributed by atoms with Crippen LogP contribution in [-0.4, -0.2) is 34.0 Å². The second-order valence-electron chi connectivity index (χ2n) is 4.67. The number of aliphatic hydroxyl groups is 1. The summed E-state index contributed by atoms with van der Waals surface area (Å²) >= 11 is 0. The lowest BCUT2D eigenvalue weighted by molar-refractivity contribution is -0.152. The van der Waals surface area contributed by atoms with Gasteiger partial charge in [0.25, 0.3) is 0 Å². The van der Waals surface area contributed by atoms with Gasteiger partial charge in [-0.25, -0.2) is 4.79 Å². The summed E-state index contributed by atoms with van der Waals surface area (Å²) in [5.74, 6) is -0.635. The zero-order chi connectivity index (χ0) is 10.9. The number of nitrogens with zero attached hydrogens (tertiary/aromatic N) is 1. The summed E-state index contributed by atoms with van der Waals surface area (Å²) in [6.07, 6.45) is 6.45. The molecule has 0 radical (unpaired) electrons. The molecule has 0 amide bonds. The standard InChI is InChI=1S/C11H17NO3/c13-9(10(14)15)11(5-2-6-11)12-7-8-3-1-4-8/h7-9,13H,1-6H2,(H,14,15). The van der Waals surface area contributed by atoms with Gasteiger partial charge in [0.15, 0.2) is 6.10 Å². The molecule has 0 aliphatic heterocycles. The van der Waals surface area contributed by atoms with Gasteiger partial charge >= 0.3 is 5.97 Å². The fourth-order valence-electron chi connectivity index (χ4n) is 2.08. The second-order valence-corrected chi connectivity index (χ2v) is 4.67. The molecule has 0 aromatic rings. The molecule has 84 valence electrons. The molecule has 15 heavy (non-hydrogen) atoms. The number of carbonyl (C=O) groups is 1. The van der Waals surface area contributed by atoms with E-state index in [0.717, 1.165) is 19.3 Å². The molecule has 0 spiro atoms. The lowest BCUT2D eigenvalue weighted by Crippen LogP contribution is -2.51. The van der Waals surface area contributed by atoms with E-state index in [1.807, 2.05) is 6.21 Å². The highest BCUT2D eigenvalue weighted by atomic mass is 16.4. The minimum Gasteiger partial charge on any atom is -0.479 e. The number of aliphatic imine (C=N–C) groups is 1. The number of aliphatic carboxylic acids is 1. The minimum absolute atomic E-state index is 0.517. The van der Waals surface area contributed by atoms with Crippen molar-refractivity contribution in [3.63, 3.8) is 0 Å². The smallest absolute Gasteiger partial charge is 0.335 e. The van der Waals surface area contributed by atoms with Gasteiger partial charge < -0.3 is 10.2 Å². The van der Waals surface area contributed by atoms with E-state index in [-0.39, 0.29) is 0 Å². The highest BCUT2D eigenvalue weighted by Crippen LogP contribution is 2.39. The summed E-state index contributed by atoms with van der Waals surface area (Å²) in [5, 5.41) is 18.4. The SMILES string of the molecule is O=C(O)C(O)C1(N=CC2CCC2)CCC1. The minimum atomic E-state index is -1.33. The molecule has 1 atom stereocenters. The maximum atomic E-state index is 10.7. The third-order valence-corrected chi connectivity index (χ3v) is 3.65. The summed E-state index contributed by atoms with van der Waals surface area (Å²) in [6.45, 7) is 0. The van der Waals surface area contributed by atoms with Gasteiger partial charge in [0.2, 0.25) is 0 Å². The van der Waals surface area contributed by atoms with E-state index in [1.165, 1.54) is 6.42 Å². The Labute approximate surface area is 89.0 Å². The fourth-order valence-corrected chi connectivity index (χ4v) is 2.08. The molecule has 0 aromatic carbocycles. The van der Waals surface area contributed by atoms with Gasteiger partial charge in [-0.15, -0.1) is 0 Å². The Balaban J connectivity index is 2.00. The van der Waals surface area contributed by atoms with Crippen molar-refractivity contribution >= 4 is 12.2 Å². The maximum absolute atomic E-state index is 10.7. The van der Waals surface area contributed by atoms with Crippen LogP contribution in [0.1, 0.15) is 38.5 Å². The summed E-state index contributed by atoms with van der Waals surface area (Å²) < 4.78 is 0. The second kappa shape index (κ2) is 3.93. The van der Waals surface area contributed by atoms with Crippen LogP contribution < -0.4 is 0 Å². The van der Waals surface area contributed by atoms with Crippen molar-refractivity contribution in [2.75, 3.05) is 0 Å². The first-order valence-electron chi connectivity index (χ1n) is 5.60. The molecule has 2 aliphatic rings. The quantitative estimate of drug-likeness (QED) is 0.687. The molecule has 2 N–H and O–H groups in total. The molecule has 0 bridgehead atoms. The predicted molar refractivity (Wildman–Crippen MR) is 56.1 cm³/mol. The molecule has 0 heterocycles. The monoisotopic (exact) mass is 211 g/mol. The van der Waals surface area contributed by atoms with Gasteiger partial charge in [-0.2, -0.15) is 0 Å². The molecule has 2 rings (SSSR count). The van der Waals surface area contributed by atoms with Crippen LogP contribution in [-0.2, 0) is 4.79 Å². The van der Waals surface area contributed by atoms with Crippen molar-refractivity contribution in [3.8, 4) is 0 Å². The predicted octanol–water partition coefficient (Wildman–Crippen LogP) is 1.23. The lowest BCUT2D eigenvalue weighted by Gasteiger charge is -2.40. The van der Waals surface area contributed by atoms with Crippen LogP contribution in [0.15, 0.2) is 4.99 Å². The number of hydrogen-bond acceptors (Lipinski definition) is 3. The van der Waals surface area contributed by atoms with E-state index >= 15 is 0 Å². The first-order valence-corrected chi connectivity index (χ1v) is 5.60. The summed E-state index contributed by atoms with van der Waals surface area (Å²) in [5.41, 5.74) is -0.707. The van der Waals surface area contributed by atoms with Crippen molar-refractivity contribution in [3.05, 3.63) is 0 Å². The van der Waals surface area contributed by atoms with E-state index in [4.69, 9.17) is 5.11 Å². The Bertz CT molecular complexity index is 280. The Morgan fingerprint density at radius 1 is 1.40 bits per heavy atom. The molecule has 1 unspecified atom stereocenters. The van der Waals surface area contributed by atoms with Crippen molar-refractivity contribution in [2.24, 2.45) is 10.9 Å². The van der Waals surface area contributed by atoms with Crippen molar-refractivity contribution in [2.45, 2.75) is 50.2 Å². The van der Waals surface area contributed by atoms with Gasteiger partial charge in [-0.1, -0.05) is 6.42 Å². The van der Waals surface area contributed by atoms with E-state index in [9.17, 15) is 9.90 Å². The largest absolute Gasteiger partial charge is 0.479 e. The Morgan fingerprint density at radius 3 is 2.40 bits per heavy atom. The normalized spacial score (nSPS) is 27.0. The highest BCUT2D eigenvalue weighted by molar-refractivity contribution is 5.75. The van der Waals surface area contributed by atoms with Crippen LogP contribution in [0.4, 0.5) is 0 Å². The van der Waals surface area contributed by atoms with E-state index in [2.05, 4.69) is 4.99 Å². The summed E-state index contributed by atoms with van der Waals surface area (Å²) in [7, 11) is 0. The average Bonchev–Trinajstić information content (AvgIpc) is 2.05. The molecule has 2 fully saturated rings. The van der Waals surface area contributed by atoms with Crippen LogP contribution >= 0.6 is 0 Å². The molecule has 4 heteroatoms. The van der Waals surface area contributed by atoms with Crippen LogP contribution in [0.5, 0.6) is 0 Å². The van der Waals surface area contributed by atoms with Gasteiger partial charge in [0.1, 0.15) is 0 Å². The highest BCUT2D eigenvalue weighted by Gasteiger charge is 2.46. The van der Waals surface area contributed by atoms with E-state index in [1.54, 1.807) is 0 Å². The van der Waals surface area contributed by atoms with Crippen LogP contribution in [0.2, 0.25) is 0 Å². The number of rotatable bonds is 4. The van der Waals surface area contributed by atoms with Gasteiger partial charge in [-0.05, 0) is 38.0 Å². The van der Waals surface area contributed by atoms with Crippen molar-refractivity contribution < 1.29 is 15.0 Å². The number of aliphatic hydroxyl groups excluding tert-OH is 1. The molecule has 0 saturated heterocycles. The van der Waals surface area contributed by atoms with Crippen molar-refractivity contribution in [1.29, 1.82) is 0 Å². The zero-order valence-electron chi connectivity index (χ0n) is 8.72. The maximum Gasteiger partial charge on any atom is 0.335 e. The zero-order valence-corrected chi connectivity index (χ0v) is 8.72. The van der Waals surface area contributed by atoms with Gasteiger partial charge in [0.05, 0.1) is 5.54 Å². The molecule has 2 aliphatic carbocycles. The molecular formula is C11H17NO3. The summed E-state index contributed by atoms with van der Waals surface area (Å²) in [6, 6.07) is 0. The third-order valence-electron chi connectivity index (χ3n) is 3.65. The Morgan fingerprint density at radius 2 is 2.07 bits per heavy atom. The fraction of sp³-hybridized carbons (Fsp3) is 0.818.